The van der Waals surface area contributed by atoms with Crippen molar-refractivity contribution in [1.82, 2.24) is 4.90 Å². The first-order valence-corrected chi connectivity index (χ1v) is 11.4. The normalized spacial score (nSPS) is 21.8. The summed E-state index contributed by atoms with van der Waals surface area (Å²) in [6.07, 6.45) is 8.47. The summed E-state index contributed by atoms with van der Waals surface area (Å²) < 4.78 is 6.08. The molecule has 3 aliphatic carbocycles. The van der Waals surface area contributed by atoms with Gasteiger partial charge in [-0.1, -0.05) is 30.3 Å². The summed E-state index contributed by atoms with van der Waals surface area (Å²) in [5, 5.41) is 0. The summed E-state index contributed by atoms with van der Waals surface area (Å²) in [5.41, 5.74) is 11.7. The van der Waals surface area contributed by atoms with E-state index >= 15 is 0 Å². The number of aryl methyl sites for hydroxylation is 2. The van der Waals surface area contributed by atoms with Gasteiger partial charge >= 0.3 is 0 Å². The second-order valence-electron chi connectivity index (χ2n) is 9.53. The van der Waals surface area contributed by atoms with Gasteiger partial charge in [0.2, 0.25) is 6.41 Å². The van der Waals surface area contributed by atoms with Gasteiger partial charge in [-0.05, 0) is 85.3 Å². The maximum Gasteiger partial charge on any atom is 0.216 e. The third-order valence-corrected chi connectivity index (χ3v) is 7.40. The summed E-state index contributed by atoms with van der Waals surface area (Å²) in [6.45, 7) is 0.795. The number of aliphatic imine (C=N–C) groups is 1. The van der Waals surface area contributed by atoms with Crippen LogP contribution in [0.1, 0.15) is 54.0 Å². The van der Waals surface area contributed by atoms with E-state index < -0.39 is 0 Å². The smallest absolute Gasteiger partial charge is 0.216 e. The number of amides is 1. The average molecular weight is 418 g/mol. The zero-order valence-electron chi connectivity index (χ0n) is 18.2. The number of nitrogens with two attached hydrogens (primary N) is 1. The molecule has 3 aliphatic rings. The van der Waals surface area contributed by atoms with E-state index in [2.05, 4.69) is 42.5 Å². The second kappa shape index (κ2) is 8.03. The Balaban J connectivity index is 1.50. The van der Waals surface area contributed by atoms with Crippen LogP contribution in [-0.2, 0) is 24.1 Å². The average Bonchev–Trinajstić information content (AvgIpc) is 3.60. The van der Waals surface area contributed by atoms with Crippen LogP contribution < -0.4 is 10.5 Å². The SMILES string of the molecule is CN(C=O)/C(N)=N\C1c2cc(OCC3CC3)ccc2CC12CCc1ccccc1CC2. The van der Waals surface area contributed by atoms with Crippen molar-refractivity contribution in [2.24, 2.45) is 22.1 Å². The zero-order valence-corrected chi connectivity index (χ0v) is 18.2. The molecule has 31 heavy (non-hydrogen) atoms. The molecule has 5 nitrogen and oxygen atoms in total. The zero-order chi connectivity index (χ0) is 21.4. The van der Waals surface area contributed by atoms with E-state index in [0.29, 0.717) is 5.92 Å². The van der Waals surface area contributed by atoms with Crippen molar-refractivity contribution >= 4 is 12.4 Å². The van der Waals surface area contributed by atoms with Crippen molar-refractivity contribution in [3.63, 3.8) is 0 Å². The number of ether oxygens (including phenoxy) is 1. The fourth-order valence-electron chi connectivity index (χ4n) is 5.25. The molecule has 1 fully saturated rings. The molecule has 0 radical (unpaired) electrons. The third kappa shape index (κ3) is 3.93. The number of nitrogens with zero attached hydrogens (tertiary/aromatic N) is 2. The van der Waals surface area contributed by atoms with Gasteiger partial charge in [0, 0.05) is 12.5 Å². The maximum atomic E-state index is 11.3. The van der Waals surface area contributed by atoms with Crippen LogP contribution in [0.15, 0.2) is 47.5 Å². The van der Waals surface area contributed by atoms with E-state index in [0.717, 1.165) is 50.9 Å². The Morgan fingerprint density at radius 1 is 1.16 bits per heavy atom. The summed E-state index contributed by atoms with van der Waals surface area (Å²) in [4.78, 5) is 17.6. The van der Waals surface area contributed by atoms with Crippen molar-refractivity contribution in [2.75, 3.05) is 13.7 Å². The van der Waals surface area contributed by atoms with Gasteiger partial charge in [-0.3, -0.25) is 9.69 Å². The van der Waals surface area contributed by atoms with Gasteiger partial charge in [0.1, 0.15) is 5.75 Å². The van der Waals surface area contributed by atoms with Gasteiger partial charge in [-0.25, -0.2) is 4.99 Å². The monoisotopic (exact) mass is 417 g/mol. The molecule has 0 saturated heterocycles. The molecule has 0 aliphatic heterocycles. The molecule has 2 N–H and O–H groups in total. The highest BCUT2D eigenvalue weighted by Crippen LogP contribution is 2.55. The largest absolute Gasteiger partial charge is 0.493 e. The fraction of sp³-hybridized carbons (Fsp3) is 0.462. The van der Waals surface area contributed by atoms with Gasteiger partial charge in [0.05, 0.1) is 12.6 Å². The van der Waals surface area contributed by atoms with Crippen LogP contribution in [0.2, 0.25) is 0 Å². The molecule has 0 heterocycles. The van der Waals surface area contributed by atoms with Crippen LogP contribution in [-0.4, -0.2) is 30.9 Å². The van der Waals surface area contributed by atoms with Gasteiger partial charge in [0.25, 0.3) is 0 Å². The van der Waals surface area contributed by atoms with Crippen LogP contribution in [0.25, 0.3) is 0 Å². The molecule has 2 aromatic carbocycles. The molecule has 0 bridgehead atoms. The lowest BCUT2D eigenvalue weighted by Crippen LogP contribution is -2.35. The van der Waals surface area contributed by atoms with Crippen molar-refractivity contribution < 1.29 is 9.53 Å². The second-order valence-corrected chi connectivity index (χ2v) is 9.53. The molecular formula is C26H31N3O2. The number of hydrogen-bond donors (Lipinski definition) is 1. The molecule has 1 unspecified atom stereocenters. The Hall–Kier alpha value is -2.82. The number of guanidine groups is 1. The third-order valence-electron chi connectivity index (χ3n) is 7.40. The number of carbonyl (C=O) groups excluding carboxylic acids is 1. The van der Waals surface area contributed by atoms with Gasteiger partial charge in [-0.2, -0.15) is 0 Å². The van der Waals surface area contributed by atoms with E-state index in [1.807, 2.05) is 0 Å². The maximum absolute atomic E-state index is 11.3. The fourth-order valence-corrected chi connectivity index (χ4v) is 5.25. The number of carbonyl (C=O) groups is 1. The van der Waals surface area contributed by atoms with E-state index in [-0.39, 0.29) is 17.4 Å². The van der Waals surface area contributed by atoms with E-state index in [1.54, 1.807) is 7.05 Å². The highest BCUT2D eigenvalue weighted by molar-refractivity contribution is 5.87. The predicted octanol–water partition coefficient (Wildman–Crippen LogP) is 4.04. The molecule has 1 saturated carbocycles. The molecule has 1 amide bonds. The molecule has 1 atom stereocenters. The Morgan fingerprint density at radius 3 is 2.52 bits per heavy atom. The summed E-state index contributed by atoms with van der Waals surface area (Å²) in [6, 6.07) is 15.2. The highest BCUT2D eigenvalue weighted by Gasteiger charge is 2.47. The Kier molecular flexibility index (Phi) is 5.20. The summed E-state index contributed by atoms with van der Waals surface area (Å²) in [5.74, 6) is 1.91. The lowest BCUT2D eigenvalue weighted by Gasteiger charge is -2.33. The highest BCUT2D eigenvalue weighted by atomic mass is 16.5. The number of fused-ring (bicyclic) bond motifs is 2. The molecule has 5 heteroatoms. The first kappa shape index (κ1) is 20.1. The molecular weight excluding hydrogens is 386 g/mol. The summed E-state index contributed by atoms with van der Waals surface area (Å²) >= 11 is 0. The Labute approximate surface area is 184 Å². The van der Waals surface area contributed by atoms with Crippen molar-refractivity contribution in [3.05, 3.63) is 64.7 Å². The van der Waals surface area contributed by atoms with E-state index in [4.69, 9.17) is 15.5 Å². The van der Waals surface area contributed by atoms with Crippen LogP contribution in [0.3, 0.4) is 0 Å². The Bertz CT molecular complexity index is 984. The van der Waals surface area contributed by atoms with Gasteiger partial charge in [-0.15, -0.1) is 0 Å². The van der Waals surface area contributed by atoms with Crippen molar-refractivity contribution in [3.8, 4) is 5.75 Å². The summed E-state index contributed by atoms with van der Waals surface area (Å²) in [7, 11) is 1.66. The number of benzene rings is 2. The topological polar surface area (TPSA) is 67.9 Å². The van der Waals surface area contributed by atoms with Crippen LogP contribution in [0.4, 0.5) is 0 Å². The van der Waals surface area contributed by atoms with Crippen LogP contribution in [0.5, 0.6) is 5.75 Å². The van der Waals surface area contributed by atoms with E-state index in [1.165, 1.54) is 40.0 Å². The Morgan fingerprint density at radius 2 is 1.87 bits per heavy atom. The first-order chi connectivity index (χ1) is 15.1. The minimum Gasteiger partial charge on any atom is -0.493 e. The number of hydrogen-bond acceptors (Lipinski definition) is 3. The minimum absolute atomic E-state index is 0.00478. The predicted molar refractivity (Wildman–Crippen MR) is 122 cm³/mol. The van der Waals surface area contributed by atoms with Crippen molar-refractivity contribution in [1.29, 1.82) is 0 Å². The number of rotatable bonds is 5. The molecule has 162 valence electrons. The molecule has 0 aromatic heterocycles. The van der Waals surface area contributed by atoms with Gasteiger partial charge < -0.3 is 10.5 Å². The lowest BCUT2D eigenvalue weighted by molar-refractivity contribution is -0.114. The van der Waals surface area contributed by atoms with E-state index in [9.17, 15) is 4.79 Å². The van der Waals surface area contributed by atoms with Crippen LogP contribution >= 0.6 is 0 Å². The lowest BCUT2D eigenvalue weighted by atomic mass is 9.74. The van der Waals surface area contributed by atoms with Gasteiger partial charge in [0.15, 0.2) is 5.96 Å². The standard InChI is InChI=1S/C26H31N3O2/c1-29(17-30)25(27)28-24-23-14-22(31-16-18-6-7-18)9-8-21(23)15-26(24)12-10-19-4-2-3-5-20(19)11-13-26/h2-5,8-9,14,17-18,24H,6-7,10-13,15-16H2,1H3,(H2,27,28). The molecule has 1 spiro atoms. The van der Waals surface area contributed by atoms with Crippen LogP contribution in [0, 0.1) is 11.3 Å². The first-order valence-electron chi connectivity index (χ1n) is 11.4. The molecule has 2 aromatic rings. The quantitative estimate of drug-likeness (QED) is 0.454. The minimum atomic E-state index is -0.0660. The molecule has 5 rings (SSSR count). The van der Waals surface area contributed by atoms with Crippen molar-refractivity contribution in [2.45, 2.75) is 51.0 Å².